The Morgan fingerprint density at radius 2 is 1.86 bits per heavy atom. The van der Waals surface area contributed by atoms with Gasteiger partial charge < -0.3 is 5.32 Å². The van der Waals surface area contributed by atoms with Crippen LogP contribution in [0.1, 0.15) is 17.7 Å². The molecule has 152 valence electrons. The lowest BCUT2D eigenvalue weighted by Crippen LogP contribution is -2.28. The smallest absolute Gasteiger partial charge is 0.240 e. The van der Waals surface area contributed by atoms with Gasteiger partial charge >= 0.3 is 0 Å². The highest BCUT2D eigenvalue weighted by Gasteiger charge is 2.15. The third-order valence-electron chi connectivity index (χ3n) is 4.10. The minimum atomic E-state index is -3.73. The van der Waals surface area contributed by atoms with Crippen molar-refractivity contribution in [2.45, 2.75) is 24.8 Å². The topological polar surface area (TPSA) is 93.1 Å². The molecule has 3 aromatic rings. The van der Waals surface area contributed by atoms with Crippen LogP contribution in [0.25, 0.3) is 0 Å². The zero-order valence-electron chi connectivity index (χ0n) is 15.8. The van der Waals surface area contributed by atoms with Crippen LogP contribution < -0.4 is 10.0 Å². The van der Waals surface area contributed by atoms with Crippen molar-refractivity contribution in [1.29, 1.82) is 0 Å². The molecular weight excluding hydrogens is 412 g/mol. The molecule has 0 atom stereocenters. The summed E-state index contributed by atoms with van der Waals surface area (Å²) in [6.07, 6.45) is -0.0185. The predicted octanol–water partition coefficient (Wildman–Crippen LogP) is 3.20. The molecule has 0 radical (unpaired) electrons. The lowest BCUT2D eigenvalue weighted by Gasteiger charge is -2.10. The lowest BCUT2D eigenvalue weighted by atomic mass is 10.2. The highest BCUT2D eigenvalue weighted by molar-refractivity contribution is 7.89. The van der Waals surface area contributed by atoms with Gasteiger partial charge in [-0.2, -0.15) is 5.10 Å². The van der Waals surface area contributed by atoms with Crippen LogP contribution in [0.5, 0.6) is 0 Å². The summed E-state index contributed by atoms with van der Waals surface area (Å²) in [4.78, 5) is 12.4. The molecule has 1 heterocycles. The molecule has 0 saturated heterocycles. The fourth-order valence-electron chi connectivity index (χ4n) is 2.74. The molecule has 1 amide bonds. The van der Waals surface area contributed by atoms with E-state index >= 15 is 0 Å². The van der Waals surface area contributed by atoms with Crippen molar-refractivity contribution in [2.75, 3.05) is 11.9 Å². The molecule has 7 nitrogen and oxygen atoms in total. The third-order valence-corrected chi connectivity index (χ3v) is 5.79. The standard InChI is InChI=1S/C20H21ClN4O3S/c1-15-12-19(25(24-15)14-16-6-3-2-4-7-16)23-20(26)10-11-22-29(27,28)18-9-5-8-17(21)13-18/h2-9,12-13,22H,10-11,14H2,1H3,(H,23,26). The summed E-state index contributed by atoms with van der Waals surface area (Å²) >= 11 is 5.84. The molecule has 29 heavy (non-hydrogen) atoms. The first-order valence-electron chi connectivity index (χ1n) is 8.97. The minimum Gasteiger partial charge on any atom is -0.311 e. The van der Waals surface area contributed by atoms with Crippen LogP contribution in [0.4, 0.5) is 5.82 Å². The lowest BCUT2D eigenvalue weighted by molar-refractivity contribution is -0.116. The van der Waals surface area contributed by atoms with Gasteiger partial charge in [-0.05, 0) is 30.7 Å². The minimum absolute atomic E-state index is 0.0185. The Morgan fingerprint density at radius 3 is 2.59 bits per heavy atom. The molecule has 9 heteroatoms. The number of benzene rings is 2. The maximum Gasteiger partial charge on any atom is 0.240 e. The van der Waals surface area contributed by atoms with E-state index in [2.05, 4.69) is 15.1 Å². The molecule has 0 bridgehead atoms. The highest BCUT2D eigenvalue weighted by atomic mass is 35.5. The Balaban J connectivity index is 1.57. The average Bonchev–Trinajstić information content (AvgIpc) is 3.01. The van der Waals surface area contributed by atoms with E-state index in [1.54, 1.807) is 22.9 Å². The first-order chi connectivity index (χ1) is 13.8. The van der Waals surface area contributed by atoms with Gasteiger partial charge in [0.2, 0.25) is 15.9 Å². The summed E-state index contributed by atoms with van der Waals surface area (Å²) < 4.78 is 28.7. The van der Waals surface area contributed by atoms with Crippen LogP contribution in [-0.4, -0.2) is 30.7 Å². The Labute approximate surface area is 174 Å². The summed E-state index contributed by atoms with van der Waals surface area (Å²) in [6, 6.07) is 17.5. The summed E-state index contributed by atoms with van der Waals surface area (Å²) in [6.45, 7) is 2.33. The van der Waals surface area contributed by atoms with Gasteiger partial charge in [-0.25, -0.2) is 17.8 Å². The fraction of sp³-hybridized carbons (Fsp3) is 0.200. The summed E-state index contributed by atoms with van der Waals surface area (Å²) in [7, 11) is -3.73. The molecule has 0 unspecified atom stereocenters. The number of hydrogen-bond acceptors (Lipinski definition) is 4. The van der Waals surface area contributed by atoms with E-state index in [1.807, 2.05) is 37.3 Å². The average molecular weight is 433 g/mol. The van der Waals surface area contributed by atoms with Crippen LogP contribution in [0, 0.1) is 6.92 Å². The van der Waals surface area contributed by atoms with Crippen molar-refractivity contribution in [3.8, 4) is 0 Å². The van der Waals surface area contributed by atoms with Crippen LogP contribution in [0.3, 0.4) is 0 Å². The Bertz CT molecular complexity index is 1100. The van der Waals surface area contributed by atoms with Crippen molar-refractivity contribution in [2.24, 2.45) is 0 Å². The zero-order valence-corrected chi connectivity index (χ0v) is 17.4. The van der Waals surface area contributed by atoms with Gasteiger partial charge in [0.1, 0.15) is 5.82 Å². The number of carbonyl (C=O) groups excluding carboxylic acids is 1. The van der Waals surface area contributed by atoms with Gasteiger partial charge in [0.25, 0.3) is 0 Å². The largest absolute Gasteiger partial charge is 0.311 e. The van der Waals surface area contributed by atoms with Crippen molar-refractivity contribution in [1.82, 2.24) is 14.5 Å². The molecule has 0 aliphatic carbocycles. The van der Waals surface area contributed by atoms with E-state index in [0.29, 0.717) is 17.4 Å². The number of hydrogen-bond donors (Lipinski definition) is 2. The second kappa shape index (κ2) is 9.21. The normalized spacial score (nSPS) is 11.4. The van der Waals surface area contributed by atoms with E-state index in [9.17, 15) is 13.2 Å². The number of aryl methyl sites for hydroxylation is 1. The van der Waals surface area contributed by atoms with E-state index in [-0.39, 0.29) is 23.8 Å². The van der Waals surface area contributed by atoms with Gasteiger partial charge in [-0.15, -0.1) is 0 Å². The molecule has 2 aromatic carbocycles. The number of sulfonamides is 1. The molecule has 0 spiro atoms. The number of carbonyl (C=O) groups is 1. The van der Waals surface area contributed by atoms with E-state index in [0.717, 1.165) is 11.3 Å². The fourth-order valence-corrected chi connectivity index (χ4v) is 4.08. The number of nitrogens with one attached hydrogen (secondary N) is 2. The second-order valence-electron chi connectivity index (χ2n) is 6.47. The second-order valence-corrected chi connectivity index (χ2v) is 8.67. The number of nitrogens with zero attached hydrogens (tertiary/aromatic N) is 2. The maximum atomic E-state index is 12.3. The van der Waals surface area contributed by atoms with Crippen molar-refractivity contribution in [3.05, 3.63) is 76.9 Å². The van der Waals surface area contributed by atoms with Gasteiger partial charge in [0, 0.05) is 24.1 Å². The number of anilines is 1. The summed E-state index contributed by atoms with van der Waals surface area (Å²) in [5.74, 6) is 0.252. The molecule has 0 fully saturated rings. The van der Waals surface area contributed by atoms with Gasteiger partial charge in [-0.1, -0.05) is 48.0 Å². The van der Waals surface area contributed by atoms with E-state index in [1.165, 1.54) is 12.1 Å². The number of amides is 1. The monoisotopic (exact) mass is 432 g/mol. The summed E-state index contributed by atoms with van der Waals surface area (Å²) in [5, 5.41) is 7.52. The number of rotatable bonds is 8. The van der Waals surface area contributed by atoms with Gasteiger partial charge in [0.15, 0.2) is 0 Å². The van der Waals surface area contributed by atoms with Crippen LogP contribution >= 0.6 is 11.6 Å². The maximum absolute atomic E-state index is 12.3. The number of halogens is 1. The first kappa shape index (κ1) is 21.0. The quantitative estimate of drug-likeness (QED) is 0.571. The number of aromatic nitrogens is 2. The molecule has 2 N–H and O–H groups in total. The Kier molecular flexibility index (Phi) is 6.68. The van der Waals surface area contributed by atoms with Gasteiger partial charge in [0.05, 0.1) is 17.1 Å². The molecule has 1 aromatic heterocycles. The molecule has 3 rings (SSSR count). The molecule has 0 aliphatic heterocycles. The van der Waals surface area contributed by atoms with Crippen molar-refractivity contribution >= 4 is 33.3 Å². The van der Waals surface area contributed by atoms with Crippen molar-refractivity contribution in [3.63, 3.8) is 0 Å². The highest BCUT2D eigenvalue weighted by Crippen LogP contribution is 2.16. The van der Waals surface area contributed by atoms with E-state index in [4.69, 9.17) is 11.6 Å². The molecule has 0 aliphatic rings. The zero-order chi connectivity index (χ0) is 20.9. The Hall–Kier alpha value is -2.68. The molecule has 0 saturated carbocycles. The van der Waals surface area contributed by atoms with Crippen LogP contribution in [0.2, 0.25) is 5.02 Å². The summed E-state index contributed by atoms with van der Waals surface area (Å²) in [5.41, 5.74) is 1.83. The van der Waals surface area contributed by atoms with E-state index < -0.39 is 10.0 Å². The third kappa shape index (κ3) is 5.90. The van der Waals surface area contributed by atoms with Crippen molar-refractivity contribution < 1.29 is 13.2 Å². The predicted molar refractivity (Wildman–Crippen MR) is 112 cm³/mol. The van der Waals surface area contributed by atoms with Gasteiger partial charge in [-0.3, -0.25) is 4.79 Å². The SMILES string of the molecule is Cc1cc(NC(=O)CCNS(=O)(=O)c2cccc(Cl)c2)n(Cc2ccccc2)n1. The van der Waals surface area contributed by atoms with Crippen LogP contribution in [0.15, 0.2) is 65.6 Å². The Morgan fingerprint density at radius 1 is 1.10 bits per heavy atom. The van der Waals surface area contributed by atoms with Crippen LogP contribution in [-0.2, 0) is 21.4 Å². The molecular formula is C20H21ClN4O3S. The first-order valence-corrected chi connectivity index (χ1v) is 10.8.